The predicted molar refractivity (Wildman–Crippen MR) is 85.1 cm³/mol. The van der Waals surface area contributed by atoms with E-state index in [-0.39, 0.29) is 0 Å². The number of nitrogens with zero attached hydrogens (tertiary/aromatic N) is 5. The number of aromatic nitrogens is 4. The van der Waals surface area contributed by atoms with Gasteiger partial charge in [-0.05, 0) is 17.6 Å². The molecule has 0 aromatic carbocycles. The molecule has 7 heteroatoms. The molecule has 0 aliphatic heterocycles. The van der Waals surface area contributed by atoms with E-state index in [0.717, 1.165) is 28.2 Å². The van der Waals surface area contributed by atoms with E-state index >= 15 is 0 Å². The first-order chi connectivity index (χ1) is 10.1. The van der Waals surface area contributed by atoms with Gasteiger partial charge in [-0.25, -0.2) is 0 Å². The summed E-state index contributed by atoms with van der Waals surface area (Å²) in [5, 5.41) is 5.22. The number of hydrogen-bond acceptors (Lipinski definition) is 6. The van der Waals surface area contributed by atoms with Crippen LogP contribution in [-0.2, 0) is 13.6 Å². The van der Waals surface area contributed by atoms with Gasteiger partial charge in [-0.3, -0.25) is 9.67 Å². The van der Waals surface area contributed by atoms with Crippen molar-refractivity contribution < 1.29 is 0 Å². The summed E-state index contributed by atoms with van der Waals surface area (Å²) in [6, 6.07) is 3.89. The van der Waals surface area contributed by atoms with Crippen LogP contribution in [0.4, 0.5) is 10.8 Å². The van der Waals surface area contributed by atoms with Crippen LogP contribution in [0.1, 0.15) is 5.56 Å². The van der Waals surface area contributed by atoms with Gasteiger partial charge < -0.3 is 10.6 Å². The van der Waals surface area contributed by atoms with Crippen molar-refractivity contribution in [3.63, 3.8) is 0 Å². The number of hydrogen-bond donors (Lipinski definition) is 1. The minimum Gasteiger partial charge on any atom is -0.382 e. The van der Waals surface area contributed by atoms with Gasteiger partial charge in [0.25, 0.3) is 0 Å². The topological polar surface area (TPSA) is 72.9 Å². The molecule has 2 N–H and O–H groups in total. The van der Waals surface area contributed by atoms with E-state index < -0.39 is 0 Å². The van der Waals surface area contributed by atoms with Gasteiger partial charge in [-0.15, -0.1) is 0 Å². The van der Waals surface area contributed by atoms with E-state index in [0.29, 0.717) is 5.82 Å². The number of aryl methyl sites for hydroxylation is 1. The van der Waals surface area contributed by atoms with Gasteiger partial charge in [0, 0.05) is 50.4 Å². The normalized spacial score (nSPS) is 10.8. The predicted octanol–water partition coefficient (Wildman–Crippen LogP) is 2.16. The molecule has 0 atom stereocenters. The zero-order chi connectivity index (χ0) is 14.8. The molecule has 108 valence electrons. The average Bonchev–Trinajstić information content (AvgIpc) is 3.06. The molecular formula is C14H16N6S. The lowest BCUT2D eigenvalue weighted by molar-refractivity contribution is 0.766. The van der Waals surface area contributed by atoms with Crippen molar-refractivity contribution in [2.45, 2.75) is 6.54 Å². The highest BCUT2D eigenvalue weighted by Crippen LogP contribution is 2.38. The Kier molecular flexibility index (Phi) is 3.57. The van der Waals surface area contributed by atoms with E-state index in [1.807, 2.05) is 44.8 Å². The number of nitrogen functional groups attached to an aromatic ring is 1. The smallest absolute Gasteiger partial charge is 0.147 e. The standard InChI is InChI=1S/C14H16N6S/c1-19(8-10-6-17-20(2)9-10)14-12(13(15)18-21-14)11-4-3-5-16-7-11/h3-7,9H,8H2,1-2H3,(H2,15,18). The van der Waals surface area contributed by atoms with Crippen molar-refractivity contribution in [1.82, 2.24) is 19.1 Å². The van der Waals surface area contributed by atoms with Gasteiger partial charge in [-0.2, -0.15) is 9.47 Å². The molecule has 3 aromatic heterocycles. The number of rotatable bonds is 4. The second-order valence-electron chi connectivity index (χ2n) is 4.87. The monoisotopic (exact) mass is 300 g/mol. The number of nitrogens with two attached hydrogens (primary N) is 1. The highest BCUT2D eigenvalue weighted by atomic mass is 32.1. The maximum atomic E-state index is 6.04. The number of anilines is 2. The van der Waals surface area contributed by atoms with Crippen molar-refractivity contribution in [3.8, 4) is 11.1 Å². The Morgan fingerprint density at radius 1 is 1.38 bits per heavy atom. The molecule has 0 unspecified atom stereocenters. The molecule has 0 bridgehead atoms. The molecule has 0 spiro atoms. The molecule has 3 aromatic rings. The molecule has 0 amide bonds. The van der Waals surface area contributed by atoms with Crippen LogP contribution in [0.2, 0.25) is 0 Å². The Balaban J connectivity index is 1.92. The molecule has 0 fully saturated rings. The quantitative estimate of drug-likeness (QED) is 0.799. The van der Waals surface area contributed by atoms with Crippen LogP contribution in [0.5, 0.6) is 0 Å². The maximum absolute atomic E-state index is 6.04. The highest BCUT2D eigenvalue weighted by molar-refractivity contribution is 7.11. The lowest BCUT2D eigenvalue weighted by Crippen LogP contribution is -2.15. The van der Waals surface area contributed by atoms with Gasteiger partial charge in [0.1, 0.15) is 10.8 Å². The summed E-state index contributed by atoms with van der Waals surface area (Å²) < 4.78 is 6.09. The summed E-state index contributed by atoms with van der Waals surface area (Å²) >= 11 is 1.40. The third-order valence-electron chi connectivity index (χ3n) is 3.18. The van der Waals surface area contributed by atoms with Crippen molar-refractivity contribution in [3.05, 3.63) is 42.5 Å². The summed E-state index contributed by atoms with van der Waals surface area (Å²) in [5.41, 5.74) is 9.11. The second kappa shape index (κ2) is 5.53. The summed E-state index contributed by atoms with van der Waals surface area (Å²) in [7, 11) is 3.94. The van der Waals surface area contributed by atoms with Crippen molar-refractivity contribution >= 4 is 22.4 Å². The van der Waals surface area contributed by atoms with E-state index in [1.54, 1.807) is 10.9 Å². The lowest BCUT2D eigenvalue weighted by atomic mass is 10.1. The van der Waals surface area contributed by atoms with Crippen LogP contribution in [0, 0.1) is 0 Å². The molecule has 0 saturated carbocycles. The van der Waals surface area contributed by atoms with Gasteiger partial charge in [0.05, 0.1) is 11.8 Å². The molecule has 0 aliphatic rings. The Morgan fingerprint density at radius 2 is 2.24 bits per heavy atom. The summed E-state index contributed by atoms with van der Waals surface area (Å²) in [4.78, 5) is 6.29. The maximum Gasteiger partial charge on any atom is 0.147 e. The summed E-state index contributed by atoms with van der Waals surface area (Å²) in [6.07, 6.45) is 7.43. The molecule has 3 rings (SSSR count). The Morgan fingerprint density at radius 3 is 2.90 bits per heavy atom. The first-order valence-electron chi connectivity index (χ1n) is 6.49. The Labute approximate surface area is 127 Å². The first-order valence-corrected chi connectivity index (χ1v) is 7.26. The molecule has 3 heterocycles. The minimum absolute atomic E-state index is 0.543. The summed E-state index contributed by atoms with van der Waals surface area (Å²) in [6.45, 7) is 0.753. The molecule has 0 aliphatic carbocycles. The van der Waals surface area contributed by atoms with E-state index in [1.165, 1.54) is 11.5 Å². The summed E-state index contributed by atoms with van der Waals surface area (Å²) in [5.74, 6) is 0.543. The van der Waals surface area contributed by atoms with Crippen LogP contribution in [0.15, 0.2) is 36.9 Å². The SMILES string of the molecule is CN(Cc1cnn(C)c1)c1snc(N)c1-c1cccnc1. The van der Waals surface area contributed by atoms with Gasteiger partial charge >= 0.3 is 0 Å². The molecule has 6 nitrogen and oxygen atoms in total. The van der Waals surface area contributed by atoms with Crippen LogP contribution < -0.4 is 10.6 Å². The van der Waals surface area contributed by atoms with Crippen LogP contribution in [0.3, 0.4) is 0 Å². The third-order valence-corrected chi connectivity index (χ3v) is 4.15. The Bertz CT molecular complexity index is 733. The third kappa shape index (κ3) is 2.73. The fourth-order valence-electron chi connectivity index (χ4n) is 2.23. The van der Waals surface area contributed by atoms with E-state index in [4.69, 9.17) is 5.73 Å². The second-order valence-corrected chi connectivity index (χ2v) is 5.62. The molecular weight excluding hydrogens is 284 g/mol. The molecule has 21 heavy (non-hydrogen) atoms. The van der Waals surface area contributed by atoms with Gasteiger partial charge in [0.15, 0.2) is 0 Å². The van der Waals surface area contributed by atoms with Gasteiger partial charge in [-0.1, -0.05) is 6.07 Å². The zero-order valence-corrected chi connectivity index (χ0v) is 12.7. The number of pyridine rings is 1. The lowest BCUT2D eigenvalue weighted by Gasteiger charge is -2.17. The van der Waals surface area contributed by atoms with Crippen LogP contribution in [-0.4, -0.2) is 26.2 Å². The van der Waals surface area contributed by atoms with Crippen LogP contribution in [0.25, 0.3) is 11.1 Å². The average molecular weight is 300 g/mol. The molecule has 0 radical (unpaired) electrons. The fraction of sp³-hybridized carbons (Fsp3) is 0.214. The minimum atomic E-state index is 0.543. The zero-order valence-electron chi connectivity index (χ0n) is 11.9. The van der Waals surface area contributed by atoms with Crippen molar-refractivity contribution in [2.24, 2.45) is 7.05 Å². The van der Waals surface area contributed by atoms with Crippen molar-refractivity contribution in [2.75, 3.05) is 17.7 Å². The largest absolute Gasteiger partial charge is 0.382 e. The van der Waals surface area contributed by atoms with Gasteiger partial charge in [0.2, 0.25) is 0 Å². The molecule has 0 saturated heterocycles. The first kappa shape index (κ1) is 13.6. The van der Waals surface area contributed by atoms with Crippen LogP contribution >= 0.6 is 11.5 Å². The van der Waals surface area contributed by atoms with E-state index in [2.05, 4.69) is 19.4 Å². The highest BCUT2D eigenvalue weighted by Gasteiger charge is 2.17. The van der Waals surface area contributed by atoms with Crippen molar-refractivity contribution in [1.29, 1.82) is 0 Å². The Hall–Kier alpha value is -2.41. The van der Waals surface area contributed by atoms with E-state index in [9.17, 15) is 0 Å². The fourth-order valence-corrected chi connectivity index (χ4v) is 3.03.